The number of benzene rings is 2. The highest BCUT2D eigenvalue weighted by Gasteiger charge is 2.33. The Bertz CT molecular complexity index is 1020. The third-order valence-electron chi connectivity index (χ3n) is 4.59. The zero-order valence-corrected chi connectivity index (χ0v) is 15.0. The Morgan fingerprint density at radius 1 is 1.23 bits per heavy atom. The Labute approximate surface area is 154 Å². The lowest BCUT2D eigenvalue weighted by Gasteiger charge is -2.39. The van der Waals surface area contributed by atoms with Crippen LogP contribution >= 0.6 is 11.6 Å². The number of ether oxygens (including phenoxy) is 1. The van der Waals surface area contributed by atoms with Crippen molar-refractivity contribution >= 4 is 28.5 Å². The monoisotopic (exact) mass is 371 g/mol. The number of halogens is 1. The van der Waals surface area contributed by atoms with E-state index in [2.05, 4.69) is 4.98 Å². The van der Waals surface area contributed by atoms with E-state index >= 15 is 0 Å². The first-order chi connectivity index (χ1) is 12.5. The average Bonchev–Trinajstić information content (AvgIpc) is 2.92. The highest BCUT2D eigenvalue weighted by atomic mass is 35.5. The molecule has 0 spiro atoms. The highest BCUT2D eigenvalue weighted by molar-refractivity contribution is 6.30. The molecule has 1 fully saturated rings. The van der Waals surface area contributed by atoms with E-state index in [1.54, 1.807) is 33.7 Å². The van der Waals surface area contributed by atoms with Crippen molar-refractivity contribution in [3.8, 4) is 5.75 Å². The lowest BCUT2D eigenvalue weighted by molar-refractivity contribution is 0.0178. The zero-order valence-electron chi connectivity index (χ0n) is 14.2. The fourth-order valence-corrected chi connectivity index (χ4v) is 3.30. The molecule has 0 atom stereocenters. The molecule has 3 aromatic rings. The van der Waals surface area contributed by atoms with Crippen molar-refractivity contribution < 1.29 is 9.53 Å². The van der Waals surface area contributed by atoms with E-state index in [9.17, 15) is 9.59 Å². The van der Waals surface area contributed by atoms with Crippen molar-refractivity contribution in [2.45, 2.75) is 19.6 Å². The first-order valence-corrected chi connectivity index (χ1v) is 8.87. The number of nitrogens with zero attached hydrogens (tertiary/aromatic N) is 2. The molecule has 2 aromatic carbocycles. The standard InChI is InChI=1S/C19H18ClN3O3/c1-2-23-17-8-3-12(9-16(17)21-19(23)25)18(24)22-10-15(11-22)26-14-6-4-13(20)5-7-14/h3-9,15H,2,10-11H2,1H3,(H,21,25). The third kappa shape index (κ3) is 2.97. The molecule has 6 nitrogen and oxygen atoms in total. The van der Waals surface area contributed by atoms with Gasteiger partial charge in [0.15, 0.2) is 0 Å². The number of amides is 1. The summed E-state index contributed by atoms with van der Waals surface area (Å²) < 4.78 is 7.46. The van der Waals surface area contributed by atoms with Gasteiger partial charge in [-0.1, -0.05) is 11.6 Å². The molecule has 26 heavy (non-hydrogen) atoms. The summed E-state index contributed by atoms with van der Waals surface area (Å²) in [6, 6.07) is 12.5. The van der Waals surface area contributed by atoms with Crippen LogP contribution in [0.5, 0.6) is 5.75 Å². The van der Waals surface area contributed by atoms with Gasteiger partial charge in [0.1, 0.15) is 11.9 Å². The summed E-state index contributed by atoms with van der Waals surface area (Å²) in [6.07, 6.45) is -0.0233. The number of carbonyl (C=O) groups excluding carboxylic acids is 1. The van der Waals surface area contributed by atoms with E-state index < -0.39 is 0 Å². The summed E-state index contributed by atoms with van der Waals surface area (Å²) in [7, 11) is 0. The first kappa shape index (κ1) is 16.7. The Morgan fingerprint density at radius 2 is 1.96 bits per heavy atom. The van der Waals surface area contributed by atoms with Crippen molar-refractivity contribution in [1.82, 2.24) is 14.5 Å². The number of aromatic amines is 1. The number of rotatable bonds is 4. The minimum atomic E-state index is -0.160. The van der Waals surface area contributed by atoms with Gasteiger partial charge in [0, 0.05) is 17.1 Å². The number of nitrogens with one attached hydrogen (secondary N) is 1. The number of aromatic nitrogens is 2. The maximum Gasteiger partial charge on any atom is 0.326 e. The first-order valence-electron chi connectivity index (χ1n) is 8.49. The Balaban J connectivity index is 1.43. The smallest absolute Gasteiger partial charge is 0.326 e. The van der Waals surface area contributed by atoms with Crippen molar-refractivity contribution in [2.75, 3.05) is 13.1 Å². The lowest BCUT2D eigenvalue weighted by Crippen LogP contribution is -2.56. The number of carbonyl (C=O) groups is 1. The predicted molar refractivity (Wildman–Crippen MR) is 100 cm³/mol. The number of H-pyrrole nitrogens is 1. The number of aryl methyl sites for hydroxylation is 1. The topological polar surface area (TPSA) is 67.3 Å². The van der Waals surface area contributed by atoms with Gasteiger partial charge >= 0.3 is 5.69 Å². The van der Waals surface area contributed by atoms with Crippen molar-refractivity contribution in [1.29, 1.82) is 0 Å². The molecule has 4 rings (SSSR count). The van der Waals surface area contributed by atoms with Crippen LogP contribution in [-0.4, -0.2) is 39.6 Å². The van der Waals surface area contributed by atoms with Gasteiger partial charge in [-0.25, -0.2) is 4.79 Å². The fourth-order valence-electron chi connectivity index (χ4n) is 3.18. The van der Waals surface area contributed by atoms with Gasteiger partial charge < -0.3 is 14.6 Å². The highest BCUT2D eigenvalue weighted by Crippen LogP contribution is 2.22. The van der Waals surface area contributed by atoms with Gasteiger partial charge in [0.05, 0.1) is 24.1 Å². The van der Waals surface area contributed by atoms with Gasteiger partial charge in [0.25, 0.3) is 5.91 Å². The molecule has 0 radical (unpaired) electrons. The minimum Gasteiger partial charge on any atom is -0.487 e. The minimum absolute atomic E-state index is 0.0233. The number of imidazole rings is 1. The number of fused-ring (bicyclic) bond motifs is 1. The summed E-state index contributed by atoms with van der Waals surface area (Å²) in [5.41, 5.74) is 1.89. The van der Waals surface area contributed by atoms with Crippen LogP contribution in [0.25, 0.3) is 11.0 Å². The summed E-state index contributed by atoms with van der Waals surface area (Å²) in [5, 5.41) is 0.660. The Kier molecular flexibility index (Phi) is 4.20. The van der Waals surface area contributed by atoms with Crippen LogP contribution in [0, 0.1) is 0 Å². The van der Waals surface area contributed by atoms with Crippen LogP contribution in [-0.2, 0) is 6.54 Å². The molecule has 1 N–H and O–H groups in total. The van der Waals surface area contributed by atoms with Crippen LogP contribution in [0.3, 0.4) is 0 Å². The molecule has 0 bridgehead atoms. The largest absolute Gasteiger partial charge is 0.487 e. The molecule has 1 aliphatic rings. The molecule has 2 heterocycles. The van der Waals surface area contributed by atoms with E-state index in [0.717, 1.165) is 11.3 Å². The van der Waals surface area contributed by atoms with E-state index in [4.69, 9.17) is 16.3 Å². The third-order valence-corrected chi connectivity index (χ3v) is 4.84. The number of hydrogen-bond acceptors (Lipinski definition) is 3. The fraction of sp³-hybridized carbons (Fsp3) is 0.263. The Hall–Kier alpha value is -2.73. The van der Waals surface area contributed by atoms with Gasteiger partial charge in [-0.2, -0.15) is 0 Å². The maximum absolute atomic E-state index is 12.6. The second kappa shape index (κ2) is 6.53. The van der Waals surface area contributed by atoms with Crippen molar-refractivity contribution in [3.63, 3.8) is 0 Å². The average molecular weight is 372 g/mol. The molecule has 0 saturated carbocycles. The molecule has 0 aliphatic carbocycles. The summed E-state index contributed by atoms with van der Waals surface area (Å²) in [5.74, 6) is 0.680. The summed E-state index contributed by atoms with van der Waals surface area (Å²) in [6.45, 7) is 3.56. The van der Waals surface area contributed by atoms with Crippen LogP contribution in [0.4, 0.5) is 0 Å². The van der Waals surface area contributed by atoms with E-state index in [1.165, 1.54) is 0 Å². The van der Waals surface area contributed by atoms with Gasteiger partial charge in [-0.3, -0.25) is 9.36 Å². The molecule has 1 aliphatic heterocycles. The van der Waals surface area contributed by atoms with Crippen LogP contribution < -0.4 is 10.4 Å². The van der Waals surface area contributed by atoms with Gasteiger partial charge in [0.2, 0.25) is 0 Å². The molecule has 0 unspecified atom stereocenters. The molecule has 134 valence electrons. The molecule has 1 saturated heterocycles. The van der Waals surface area contributed by atoms with E-state index in [1.807, 2.05) is 25.1 Å². The molecular weight excluding hydrogens is 354 g/mol. The van der Waals surface area contributed by atoms with Gasteiger partial charge in [-0.05, 0) is 49.4 Å². The SMILES string of the molecule is CCn1c(=O)[nH]c2cc(C(=O)N3CC(Oc4ccc(Cl)cc4)C3)ccc21. The van der Waals surface area contributed by atoms with Crippen LogP contribution in [0.1, 0.15) is 17.3 Å². The summed E-state index contributed by atoms with van der Waals surface area (Å²) >= 11 is 5.86. The summed E-state index contributed by atoms with van der Waals surface area (Å²) in [4.78, 5) is 29.0. The van der Waals surface area contributed by atoms with Crippen LogP contribution in [0.2, 0.25) is 5.02 Å². The number of hydrogen-bond donors (Lipinski definition) is 1. The van der Waals surface area contributed by atoms with E-state index in [-0.39, 0.29) is 17.7 Å². The second-order valence-electron chi connectivity index (χ2n) is 6.31. The van der Waals surface area contributed by atoms with Gasteiger partial charge in [-0.15, -0.1) is 0 Å². The second-order valence-corrected chi connectivity index (χ2v) is 6.75. The molecule has 1 aromatic heterocycles. The molecular formula is C19H18ClN3O3. The zero-order chi connectivity index (χ0) is 18.3. The molecule has 7 heteroatoms. The predicted octanol–water partition coefficient (Wildman–Crippen LogP) is 2.91. The van der Waals surface area contributed by atoms with Crippen molar-refractivity contribution in [2.24, 2.45) is 0 Å². The quantitative estimate of drug-likeness (QED) is 0.766. The lowest BCUT2D eigenvalue weighted by atomic mass is 10.1. The number of likely N-dealkylation sites (tertiary alicyclic amines) is 1. The normalized spacial score (nSPS) is 14.5. The Morgan fingerprint density at radius 3 is 2.65 bits per heavy atom. The van der Waals surface area contributed by atoms with E-state index in [0.29, 0.717) is 35.7 Å². The van der Waals surface area contributed by atoms with Crippen molar-refractivity contribution in [3.05, 3.63) is 63.5 Å². The maximum atomic E-state index is 12.6. The van der Waals surface area contributed by atoms with Crippen LogP contribution in [0.15, 0.2) is 47.3 Å². The molecule has 1 amide bonds.